The summed E-state index contributed by atoms with van der Waals surface area (Å²) in [5.74, 6) is -0.308. The number of primary amides is 1. The molecule has 0 aromatic heterocycles. The molecule has 0 saturated heterocycles. The van der Waals surface area contributed by atoms with E-state index in [0.717, 1.165) is 31.2 Å². The third-order valence-corrected chi connectivity index (χ3v) is 3.63. The highest BCUT2D eigenvalue weighted by Gasteiger charge is 2.38. The molecule has 1 aromatic rings. The molecule has 1 saturated carbocycles. The second-order valence-corrected chi connectivity index (χ2v) is 5.35. The number of hydrogen-bond donors (Lipinski definition) is 2. The number of hydrogen-bond acceptors (Lipinski definition) is 2. The number of nitrogens with one attached hydrogen (secondary N) is 1. The van der Waals surface area contributed by atoms with Gasteiger partial charge in [-0.3, -0.25) is 10.1 Å². The van der Waals surface area contributed by atoms with E-state index in [-0.39, 0.29) is 5.91 Å². The number of aryl methyl sites for hydroxylation is 1. The summed E-state index contributed by atoms with van der Waals surface area (Å²) in [5, 5.41) is 3.36. The van der Waals surface area contributed by atoms with E-state index in [1.807, 2.05) is 19.1 Å². The Morgan fingerprint density at radius 1 is 1.39 bits per heavy atom. The molecular weight excluding hydrogens is 224 g/mol. The van der Waals surface area contributed by atoms with Crippen molar-refractivity contribution in [1.82, 2.24) is 5.32 Å². The molecule has 1 fully saturated rings. The van der Waals surface area contributed by atoms with Crippen molar-refractivity contribution in [3.63, 3.8) is 0 Å². The fraction of sp³-hybridized carbons (Fsp3) is 0.533. The quantitative estimate of drug-likeness (QED) is 0.807. The first kappa shape index (κ1) is 13.1. The van der Waals surface area contributed by atoms with Crippen molar-refractivity contribution in [2.45, 2.75) is 51.1 Å². The van der Waals surface area contributed by atoms with Crippen molar-refractivity contribution < 1.29 is 4.79 Å². The molecule has 0 aliphatic heterocycles. The smallest absolute Gasteiger partial charge is 0.242 e. The highest BCUT2D eigenvalue weighted by atomic mass is 16.1. The highest BCUT2D eigenvalue weighted by molar-refractivity contribution is 5.85. The number of carbonyl (C=O) groups excluding carboxylic acids is 1. The van der Waals surface area contributed by atoms with Gasteiger partial charge in [-0.2, -0.15) is 0 Å². The molecule has 1 aliphatic carbocycles. The van der Waals surface area contributed by atoms with Gasteiger partial charge in [0.2, 0.25) is 5.91 Å². The molecule has 1 unspecified atom stereocenters. The zero-order valence-corrected chi connectivity index (χ0v) is 11.2. The summed E-state index contributed by atoms with van der Waals surface area (Å²) in [6.07, 6.45) is 4.48. The van der Waals surface area contributed by atoms with E-state index in [9.17, 15) is 4.79 Å². The minimum atomic E-state index is -0.744. The second-order valence-electron chi connectivity index (χ2n) is 5.35. The molecule has 0 spiro atoms. The molecule has 2 rings (SSSR count). The fourth-order valence-corrected chi connectivity index (χ4v) is 2.23. The summed E-state index contributed by atoms with van der Waals surface area (Å²) >= 11 is 0. The maximum absolute atomic E-state index is 11.8. The molecule has 18 heavy (non-hydrogen) atoms. The first-order chi connectivity index (χ1) is 8.56. The Bertz CT molecular complexity index is 423. The van der Waals surface area contributed by atoms with Crippen LogP contribution in [0.1, 0.15) is 44.2 Å². The van der Waals surface area contributed by atoms with Crippen molar-refractivity contribution >= 4 is 5.91 Å². The van der Waals surface area contributed by atoms with Gasteiger partial charge in [-0.25, -0.2) is 0 Å². The van der Waals surface area contributed by atoms with Gasteiger partial charge in [0.05, 0.1) is 0 Å². The lowest BCUT2D eigenvalue weighted by Crippen LogP contribution is -2.51. The average molecular weight is 246 g/mol. The summed E-state index contributed by atoms with van der Waals surface area (Å²) in [7, 11) is 0. The third kappa shape index (κ3) is 2.72. The van der Waals surface area contributed by atoms with Crippen molar-refractivity contribution in [1.29, 1.82) is 0 Å². The van der Waals surface area contributed by atoms with E-state index >= 15 is 0 Å². The van der Waals surface area contributed by atoms with E-state index in [4.69, 9.17) is 5.73 Å². The van der Waals surface area contributed by atoms with Gasteiger partial charge < -0.3 is 5.73 Å². The predicted molar refractivity (Wildman–Crippen MR) is 73.1 cm³/mol. The second kappa shape index (κ2) is 5.11. The Labute approximate surface area is 109 Å². The van der Waals surface area contributed by atoms with Gasteiger partial charge in [-0.1, -0.05) is 37.6 Å². The number of nitrogens with two attached hydrogens (primary N) is 1. The Hall–Kier alpha value is -1.35. The Morgan fingerprint density at radius 3 is 2.44 bits per heavy atom. The Kier molecular flexibility index (Phi) is 3.71. The zero-order chi connectivity index (χ0) is 13.2. The molecular formula is C15H22N2O. The van der Waals surface area contributed by atoms with Crippen LogP contribution in [0.2, 0.25) is 0 Å². The minimum absolute atomic E-state index is 0.308. The highest BCUT2D eigenvalue weighted by Crippen LogP contribution is 2.28. The van der Waals surface area contributed by atoms with Gasteiger partial charge in [0.1, 0.15) is 5.54 Å². The number of benzene rings is 1. The summed E-state index contributed by atoms with van der Waals surface area (Å²) < 4.78 is 0. The standard InChI is InChI=1S/C15H22N2O/c1-3-4-11-5-7-12(8-6-11)15(2,14(16)18)17-13-9-10-13/h5-8,13,17H,3-4,9-10H2,1-2H3,(H2,16,18). The zero-order valence-electron chi connectivity index (χ0n) is 11.2. The van der Waals surface area contributed by atoms with Crippen LogP contribution in [0, 0.1) is 0 Å². The van der Waals surface area contributed by atoms with Crippen molar-refractivity contribution in [3.8, 4) is 0 Å². The minimum Gasteiger partial charge on any atom is -0.368 e. The van der Waals surface area contributed by atoms with E-state index in [0.29, 0.717) is 6.04 Å². The van der Waals surface area contributed by atoms with Crippen LogP contribution in [0.25, 0.3) is 0 Å². The molecule has 0 bridgehead atoms. The largest absolute Gasteiger partial charge is 0.368 e. The van der Waals surface area contributed by atoms with Gasteiger partial charge in [-0.05, 0) is 37.3 Å². The summed E-state index contributed by atoms with van der Waals surface area (Å²) in [6, 6.07) is 8.66. The SMILES string of the molecule is CCCc1ccc(C(C)(NC2CC2)C(N)=O)cc1. The monoisotopic (exact) mass is 246 g/mol. The maximum Gasteiger partial charge on any atom is 0.242 e. The summed E-state index contributed by atoms with van der Waals surface area (Å²) in [4.78, 5) is 11.8. The fourth-order valence-electron chi connectivity index (χ4n) is 2.23. The van der Waals surface area contributed by atoms with E-state index < -0.39 is 5.54 Å². The van der Waals surface area contributed by atoms with E-state index in [1.165, 1.54) is 5.56 Å². The van der Waals surface area contributed by atoms with E-state index in [2.05, 4.69) is 24.4 Å². The van der Waals surface area contributed by atoms with Crippen LogP contribution in [-0.2, 0) is 16.8 Å². The van der Waals surface area contributed by atoms with Crippen LogP contribution in [0.15, 0.2) is 24.3 Å². The predicted octanol–water partition coefficient (Wildman–Crippen LogP) is 2.09. The molecule has 0 radical (unpaired) electrons. The van der Waals surface area contributed by atoms with Gasteiger partial charge in [0.25, 0.3) is 0 Å². The molecule has 3 N–H and O–H groups in total. The van der Waals surface area contributed by atoms with Crippen LogP contribution in [-0.4, -0.2) is 11.9 Å². The molecule has 1 atom stereocenters. The Balaban J connectivity index is 2.21. The first-order valence-electron chi connectivity index (χ1n) is 6.73. The lowest BCUT2D eigenvalue weighted by Gasteiger charge is -2.28. The average Bonchev–Trinajstić information content (AvgIpc) is 3.14. The molecule has 3 heteroatoms. The normalized spacial score (nSPS) is 18.3. The lowest BCUT2D eigenvalue weighted by molar-refractivity contribution is -0.124. The number of rotatable bonds is 6. The van der Waals surface area contributed by atoms with Gasteiger partial charge in [0, 0.05) is 6.04 Å². The van der Waals surface area contributed by atoms with Gasteiger partial charge in [0.15, 0.2) is 0 Å². The van der Waals surface area contributed by atoms with Crippen LogP contribution >= 0.6 is 0 Å². The van der Waals surface area contributed by atoms with Gasteiger partial charge >= 0.3 is 0 Å². The molecule has 1 aromatic carbocycles. The molecule has 0 heterocycles. The van der Waals surface area contributed by atoms with Crippen molar-refractivity contribution in [3.05, 3.63) is 35.4 Å². The van der Waals surface area contributed by atoms with Crippen LogP contribution in [0.5, 0.6) is 0 Å². The van der Waals surface area contributed by atoms with Crippen LogP contribution in [0.3, 0.4) is 0 Å². The lowest BCUT2D eigenvalue weighted by atomic mass is 9.90. The molecule has 3 nitrogen and oxygen atoms in total. The summed E-state index contributed by atoms with van der Waals surface area (Å²) in [5.41, 5.74) is 7.10. The topological polar surface area (TPSA) is 55.1 Å². The van der Waals surface area contributed by atoms with Crippen molar-refractivity contribution in [2.75, 3.05) is 0 Å². The van der Waals surface area contributed by atoms with Crippen LogP contribution < -0.4 is 11.1 Å². The van der Waals surface area contributed by atoms with Gasteiger partial charge in [-0.15, -0.1) is 0 Å². The van der Waals surface area contributed by atoms with Crippen molar-refractivity contribution in [2.24, 2.45) is 5.73 Å². The third-order valence-electron chi connectivity index (χ3n) is 3.63. The number of carbonyl (C=O) groups is 1. The molecule has 98 valence electrons. The molecule has 1 amide bonds. The molecule has 1 aliphatic rings. The number of amides is 1. The summed E-state index contributed by atoms with van der Waals surface area (Å²) in [6.45, 7) is 4.04. The Morgan fingerprint density at radius 2 is 2.00 bits per heavy atom. The van der Waals surface area contributed by atoms with E-state index in [1.54, 1.807) is 0 Å². The first-order valence-corrected chi connectivity index (χ1v) is 6.73. The van der Waals surface area contributed by atoms with Crippen LogP contribution in [0.4, 0.5) is 0 Å². The maximum atomic E-state index is 11.8.